The third kappa shape index (κ3) is 3.63. The van der Waals surface area contributed by atoms with Crippen LogP contribution in [0.4, 0.5) is 10.5 Å². The normalized spacial score (nSPS) is 17.4. The highest BCUT2D eigenvalue weighted by molar-refractivity contribution is 5.95. The lowest BCUT2D eigenvalue weighted by molar-refractivity contribution is 0.0148. The van der Waals surface area contributed by atoms with E-state index in [9.17, 15) is 9.59 Å². The summed E-state index contributed by atoms with van der Waals surface area (Å²) in [5.41, 5.74) is 2.35. The van der Waals surface area contributed by atoms with Crippen molar-refractivity contribution < 1.29 is 14.3 Å². The number of benzene rings is 2. The highest BCUT2D eigenvalue weighted by atomic mass is 16.5. The molecule has 0 radical (unpaired) electrons. The van der Waals surface area contributed by atoms with Crippen LogP contribution in [0, 0.1) is 0 Å². The van der Waals surface area contributed by atoms with Crippen molar-refractivity contribution in [3.8, 4) is 0 Å². The average Bonchev–Trinajstić information content (AvgIpc) is 2.63. The first kappa shape index (κ1) is 16.2. The molecule has 0 bridgehead atoms. The van der Waals surface area contributed by atoms with Gasteiger partial charge in [0.05, 0.1) is 19.3 Å². The zero-order chi connectivity index (χ0) is 16.9. The first-order chi connectivity index (χ1) is 11.6. The molecule has 2 amide bonds. The Morgan fingerprint density at radius 3 is 2.46 bits per heavy atom. The molecule has 0 aromatic heterocycles. The molecule has 124 valence electrons. The second-order valence-electron chi connectivity index (χ2n) is 5.76. The first-order valence-corrected chi connectivity index (χ1v) is 7.96. The van der Waals surface area contributed by atoms with Crippen molar-refractivity contribution >= 4 is 17.5 Å². The van der Waals surface area contributed by atoms with Crippen molar-refractivity contribution in [3.05, 3.63) is 65.7 Å². The monoisotopic (exact) mass is 324 g/mol. The fraction of sp³-hybridized carbons (Fsp3) is 0.263. The average molecular weight is 324 g/mol. The molecule has 0 spiro atoms. The number of hydrogen-bond donors (Lipinski definition) is 1. The third-order valence-electron chi connectivity index (χ3n) is 4.12. The number of rotatable bonds is 3. The van der Waals surface area contributed by atoms with Crippen molar-refractivity contribution in [3.63, 3.8) is 0 Å². The van der Waals surface area contributed by atoms with Gasteiger partial charge in [0.1, 0.15) is 0 Å². The van der Waals surface area contributed by atoms with Gasteiger partial charge in [-0.25, -0.2) is 4.79 Å². The Bertz CT molecular complexity index is 713. The first-order valence-electron chi connectivity index (χ1n) is 7.96. The number of carbonyl (C=O) groups is 2. The van der Waals surface area contributed by atoms with E-state index in [0.29, 0.717) is 31.0 Å². The number of ether oxygens (including phenoxy) is 1. The minimum Gasteiger partial charge on any atom is -0.377 e. The summed E-state index contributed by atoms with van der Waals surface area (Å²) in [6.45, 7) is 3.07. The van der Waals surface area contributed by atoms with Crippen molar-refractivity contribution in [1.29, 1.82) is 0 Å². The fourth-order valence-corrected chi connectivity index (χ4v) is 2.78. The molecular formula is C19H20N2O3. The van der Waals surface area contributed by atoms with Gasteiger partial charge in [-0.1, -0.05) is 30.3 Å². The van der Waals surface area contributed by atoms with E-state index in [4.69, 9.17) is 4.74 Å². The Morgan fingerprint density at radius 1 is 1.08 bits per heavy atom. The Kier molecular flexibility index (Phi) is 4.91. The second kappa shape index (κ2) is 7.27. The molecule has 1 saturated heterocycles. The predicted octanol–water partition coefficient (Wildman–Crippen LogP) is 3.49. The maximum absolute atomic E-state index is 12.7. The van der Waals surface area contributed by atoms with Crippen molar-refractivity contribution in [2.45, 2.75) is 13.0 Å². The Morgan fingerprint density at radius 2 is 1.79 bits per heavy atom. The van der Waals surface area contributed by atoms with Crippen LogP contribution in [-0.4, -0.2) is 36.5 Å². The summed E-state index contributed by atoms with van der Waals surface area (Å²) >= 11 is 0. The van der Waals surface area contributed by atoms with Crippen LogP contribution in [0.2, 0.25) is 0 Å². The van der Waals surface area contributed by atoms with Crippen LogP contribution in [0.25, 0.3) is 0 Å². The van der Waals surface area contributed by atoms with Crippen LogP contribution in [0.1, 0.15) is 28.9 Å². The van der Waals surface area contributed by atoms with Gasteiger partial charge in [0.2, 0.25) is 0 Å². The molecule has 2 aromatic carbocycles. The van der Waals surface area contributed by atoms with Crippen LogP contribution >= 0.6 is 0 Å². The molecule has 1 fully saturated rings. The number of amides is 2. The molecule has 1 N–H and O–H groups in total. The molecule has 3 rings (SSSR count). The van der Waals surface area contributed by atoms with E-state index >= 15 is 0 Å². The molecular weight excluding hydrogens is 304 g/mol. The van der Waals surface area contributed by atoms with Crippen LogP contribution in [0.3, 0.4) is 0 Å². The summed E-state index contributed by atoms with van der Waals surface area (Å²) in [5.74, 6) is 0.00481. The van der Waals surface area contributed by atoms with Crippen molar-refractivity contribution in [1.82, 2.24) is 4.90 Å². The number of nitrogens with one attached hydrogen (secondary N) is 1. The Balaban J connectivity index is 1.73. The fourth-order valence-electron chi connectivity index (χ4n) is 2.78. The van der Waals surface area contributed by atoms with E-state index in [1.54, 1.807) is 29.2 Å². The summed E-state index contributed by atoms with van der Waals surface area (Å²) < 4.78 is 5.55. The van der Waals surface area contributed by atoms with Crippen LogP contribution < -0.4 is 5.32 Å². The molecule has 1 heterocycles. The molecule has 0 saturated carbocycles. The molecule has 1 aliphatic rings. The number of anilines is 1. The number of nitrogens with zero attached hydrogens (tertiary/aromatic N) is 1. The molecule has 5 nitrogen and oxygen atoms in total. The number of Topliss-reactive ketones (excluding diaryl/α,β-unsaturated/α-hetero) is 1. The zero-order valence-corrected chi connectivity index (χ0v) is 13.6. The molecule has 1 atom stereocenters. The summed E-state index contributed by atoms with van der Waals surface area (Å²) in [4.78, 5) is 25.8. The largest absolute Gasteiger partial charge is 0.377 e. The molecule has 5 heteroatoms. The number of ketones is 1. The van der Waals surface area contributed by atoms with Crippen molar-refractivity contribution in [2.75, 3.05) is 25.1 Å². The number of morpholine rings is 1. The molecule has 1 unspecified atom stereocenters. The minimum atomic E-state index is -0.164. The molecule has 1 aliphatic heterocycles. The van der Waals surface area contributed by atoms with E-state index in [1.807, 2.05) is 30.3 Å². The van der Waals surface area contributed by atoms with E-state index in [0.717, 1.165) is 5.56 Å². The van der Waals surface area contributed by atoms with Gasteiger partial charge in [0.25, 0.3) is 0 Å². The number of carbonyl (C=O) groups excluding carboxylic acids is 2. The van der Waals surface area contributed by atoms with E-state index in [2.05, 4.69) is 5.32 Å². The smallest absolute Gasteiger partial charge is 0.322 e. The van der Waals surface area contributed by atoms with Crippen molar-refractivity contribution in [2.24, 2.45) is 0 Å². The second-order valence-corrected chi connectivity index (χ2v) is 5.76. The van der Waals surface area contributed by atoms with Gasteiger partial charge in [0, 0.05) is 17.8 Å². The van der Waals surface area contributed by atoms with Gasteiger partial charge >= 0.3 is 6.03 Å². The SMILES string of the molecule is CC(=O)c1ccc(NC(=O)N2CCOCC2c2ccccc2)cc1. The van der Waals surface area contributed by atoms with Crippen LogP contribution in [0.15, 0.2) is 54.6 Å². The molecule has 0 aliphatic carbocycles. The zero-order valence-electron chi connectivity index (χ0n) is 13.6. The standard InChI is InChI=1S/C19H20N2O3/c1-14(22)15-7-9-17(10-8-15)20-19(23)21-11-12-24-13-18(21)16-5-3-2-4-6-16/h2-10,18H,11-13H2,1H3,(H,20,23). The molecule has 2 aromatic rings. The predicted molar refractivity (Wildman–Crippen MR) is 92.2 cm³/mol. The lowest BCUT2D eigenvalue weighted by Crippen LogP contribution is -2.45. The van der Waals surface area contributed by atoms with Gasteiger partial charge in [-0.05, 0) is 36.8 Å². The Labute approximate surface area is 141 Å². The number of urea groups is 1. The lowest BCUT2D eigenvalue weighted by atomic mass is 10.1. The number of hydrogen-bond acceptors (Lipinski definition) is 3. The maximum atomic E-state index is 12.7. The quantitative estimate of drug-likeness (QED) is 0.879. The third-order valence-corrected chi connectivity index (χ3v) is 4.12. The maximum Gasteiger partial charge on any atom is 0.322 e. The van der Waals surface area contributed by atoms with Gasteiger partial charge in [-0.2, -0.15) is 0 Å². The van der Waals surface area contributed by atoms with Gasteiger partial charge in [-0.3, -0.25) is 4.79 Å². The van der Waals surface area contributed by atoms with Gasteiger partial charge < -0.3 is 15.0 Å². The summed E-state index contributed by atoms with van der Waals surface area (Å²) in [6.07, 6.45) is 0. The topological polar surface area (TPSA) is 58.6 Å². The minimum absolute atomic E-state index is 0.00481. The highest BCUT2D eigenvalue weighted by Crippen LogP contribution is 2.25. The lowest BCUT2D eigenvalue weighted by Gasteiger charge is -2.35. The highest BCUT2D eigenvalue weighted by Gasteiger charge is 2.28. The molecule has 24 heavy (non-hydrogen) atoms. The summed E-state index contributed by atoms with van der Waals surface area (Å²) in [7, 11) is 0. The Hall–Kier alpha value is -2.66. The van der Waals surface area contributed by atoms with Gasteiger partial charge in [0.15, 0.2) is 5.78 Å². The van der Waals surface area contributed by atoms with E-state index < -0.39 is 0 Å². The summed E-state index contributed by atoms with van der Waals surface area (Å²) in [5, 5.41) is 2.90. The van der Waals surface area contributed by atoms with E-state index in [-0.39, 0.29) is 17.9 Å². The van der Waals surface area contributed by atoms with Gasteiger partial charge in [-0.15, -0.1) is 0 Å². The van der Waals surface area contributed by atoms with E-state index in [1.165, 1.54) is 6.92 Å². The van der Waals surface area contributed by atoms with Crippen LogP contribution in [0.5, 0.6) is 0 Å². The van der Waals surface area contributed by atoms with Crippen LogP contribution in [-0.2, 0) is 4.74 Å². The summed E-state index contributed by atoms with van der Waals surface area (Å²) in [6, 6.07) is 16.5.